The third-order valence-electron chi connectivity index (χ3n) is 2.51. The van der Waals surface area contributed by atoms with Crippen LogP contribution in [0.5, 0.6) is 0 Å². The van der Waals surface area contributed by atoms with Crippen molar-refractivity contribution in [1.29, 1.82) is 0 Å². The first-order valence-corrected chi connectivity index (χ1v) is 4.65. The van der Waals surface area contributed by atoms with E-state index in [0.717, 1.165) is 19.6 Å². The summed E-state index contributed by atoms with van der Waals surface area (Å²) < 4.78 is 0. The third-order valence-corrected chi connectivity index (χ3v) is 2.51. The van der Waals surface area contributed by atoms with E-state index in [0.29, 0.717) is 12.8 Å². The minimum atomic E-state index is -0.681. The number of nitrogens with zero attached hydrogens (tertiary/aromatic N) is 2. The van der Waals surface area contributed by atoms with Gasteiger partial charge in [0.2, 0.25) is 0 Å². The molecule has 1 saturated heterocycles. The lowest BCUT2D eigenvalue weighted by Gasteiger charge is -2.35. The Bertz CT molecular complexity index is 178. The fourth-order valence-corrected chi connectivity index (χ4v) is 1.57. The van der Waals surface area contributed by atoms with Crippen molar-refractivity contribution in [3.63, 3.8) is 0 Å². The summed E-state index contributed by atoms with van der Waals surface area (Å²) in [6.07, 6.45) is 1.39. The number of carbonyl (C=O) groups is 1. The van der Waals surface area contributed by atoms with Crippen molar-refractivity contribution in [1.82, 2.24) is 10.1 Å². The number of rotatable bonds is 3. The molecule has 0 aromatic rings. The number of carboxylic acid groups (broad SMARTS) is 1. The second-order valence-corrected chi connectivity index (χ2v) is 3.32. The van der Waals surface area contributed by atoms with E-state index in [-0.39, 0.29) is 5.92 Å². The minimum absolute atomic E-state index is 0.179. The first-order chi connectivity index (χ1) is 6.15. The second-order valence-electron chi connectivity index (χ2n) is 3.32. The maximum atomic E-state index is 10.6. The molecule has 0 amide bonds. The molecule has 1 heterocycles. The van der Waals surface area contributed by atoms with Gasteiger partial charge >= 0.3 is 5.97 Å². The summed E-state index contributed by atoms with van der Waals surface area (Å²) in [6, 6.07) is 0. The quantitative estimate of drug-likeness (QED) is 0.476. The van der Waals surface area contributed by atoms with Crippen molar-refractivity contribution in [3.8, 4) is 0 Å². The number of hydrogen-bond acceptors (Lipinski definition) is 4. The molecule has 76 valence electrons. The fourth-order valence-electron chi connectivity index (χ4n) is 1.57. The third kappa shape index (κ3) is 2.65. The van der Waals surface area contributed by atoms with Gasteiger partial charge in [0.15, 0.2) is 0 Å². The summed E-state index contributed by atoms with van der Waals surface area (Å²) in [5.41, 5.74) is 0. The van der Waals surface area contributed by atoms with Crippen LogP contribution < -0.4 is 5.84 Å². The molecule has 1 aliphatic heterocycles. The summed E-state index contributed by atoms with van der Waals surface area (Å²) in [7, 11) is 0. The molecule has 0 aromatic carbocycles. The molecular formula is C8H17N3O2. The summed E-state index contributed by atoms with van der Waals surface area (Å²) in [6.45, 7) is 4.24. The lowest BCUT2D eigenvalue weighted by Crippen LogP contribution is -2.51. The van der Waals surface area contributed by atoms with Gasteiger partial charge in [-0.15, -0.1) is 0 Å². The highest BCUT2D eigenvalue weighted by molar-refractivity contribution is 5.70. The maximum Gasteiger partial charge on any atom is 0.306 e. The topological polar surface area (TPSA) is 69.8 Å². The minimum Gasteiger partial charge on any atom is -0.481 e. The Kier molecular flexibility index (Phi) is 3.65. The van der Waals surface area contributed by atoms with Crippen molar-refractivity contribution in [2.24, 2.45) is 11.8 Å². The van der Waals surface area contributed by atoms with E-state index < -0.39 is 5.97 Å². The Morgan fingerprint density at radius 3 is 2.54 bits per heavy atom. The van der Waals surface area contributed by atoms with Gasteiger partial charge in [-0.1, -0.05) is 0 Å². The van der Waals surface area contributed by atoms with Gasteiger partial charge in [0, 0.05) is 19.6 Å². The van der Waals surface area contributed by atoms with Crippen molar-refractivity contribution in [2.75, 3.05) is 19.6 Å². The summed E-state index contributed by atoms with van der Waals surface area (Å²) in [5, 5.41) is 12.4. The van der Waals surface area contributed by atoms with Crippen LogP contribution in [0.15, 0.2) is 0 Å². The van der Waals surface area contributed by atoms with Gasteiger partial charge < -0.3 is 5.11 Å². The lowest BCUT2D eigenvalue weighted by molar-refractivity contribution is -0.145. The van der Waals surface area contributed by atoms with Crippen molar-refractivity contribution in [3.05, 3.63) is 0 Å². The van der Waals surface area contributed by atoms with E-state index in [9.17, 15) is 4.79 Å². The Hall–Kier alpha value is -0.650. The molecule has 1 fully saturated rings. The largest absolute Gasteiger partial charge is 0.481 e. The summed E-state index contributed by atoms with van der Waals surface area (Å²) in [5.74, 6) is 4.82. The van der Waals surface area contributed by atoms with E-state index >= 15 is 0 Å². The molecular weight excluding hydrogens is 170 g/mol. The number of hydrazine groups is 2. The number of aliphatic carboxylic acids is 1. The molecule has 0 aromatic heterocycles. The van der Waals surface area contributed by atoms with Gasteiger partial charge in [-0.05, 0) is 19.8 Å². The number of hydrogen-bond donors (Lipinski definition) is 2. The van der Waals surface area contributed by atoms with E-state index in [1.165, 1.54) is 0 Å². The predicted molar refractivity (Wildman–Crippen MR) is 48.5 cm³/mol. The smallest absolute Gasteiger partial charge is 0.306 e. The molecule has 0 spiro atoms. The zero-order valence-corrected chi connectivity index (χ0v) is 7.94. The Morgan fingerprint density at radius 2 is 2.15 bits per heavy atom. The number of carboxylic acids is 1. The van der Waals surface area contributed by atoms with Crippen LogP contribution in [0.25, 0.3) is 0 Å². The summed E-state index contributed by atoms with van der Waals surface area (Å²) in [4.78, 5) is 10.6. The molecule has 0 aliphatic carbocycles. The van der Waals surface area contributed by atoms with Gasteiger partial charge in [-0.25, -0.2) is 5.01 Å². The van der Waals surface area contributed by atoms with E-state index in [2.05, 4.69) is 0 Å². The van der Waals surface area contributed by atoms with Crippen LogP contribution in [-0.2, 0) is 4.79 Å². The number of piperidine rings is 1. The van der Waals surface area contributed by atoms with Gasteiger partial charge in [0.1, 0.15) is 0 Å². The molecule has 0 radical (unpaired) electrons. The maximum absolute atomic E-state index is 10.6. The van der Waals surface area contributed by atoms with Gasteiger partial charge in [-0.2, -0.15) is 5.12 Å². The van der Waals surface area contributed by atoms with Crippen LogP contribution in [0.2, 0.25) is 0 Å². The Morgan fingerprint density at radius 1 is 1.62 bits per heavy atom. The van der Waals surface area contributed by atoms with Crippen molar-refractivity contribution >= 4 is 5.97 Å². The standard InChI is InChI=1S/C8H17N3O2/c1-2-11(9)10-5-3-7(4-6-10)8(12)13/h7H,2-6,9H2,1H3,(H,12,13). The molecule has 0 atom stereocenters. The Labute approximate surface area is 78.0 Å². The average Bonchev–Trinajstić information content (AvgIpc) is 2.17. The van der Waals surface area contributed by atoms with Crippen molar-refractivity contribution in [2.45, 2.75) is 19.8 Å². The Balaban J connectivity index is 2.34. The van der Waals surface area contributed by atoms with Gasteiger partial charge in [0.05, 0.1) is 5.92 Å². The molecule has 1 aliphatic rings. The van der Waals surface area contributed by atoms with Crippen LogP contribution in [0.4, 0.5) is 0 Å². The second kappa shape index (κ2) is 4.55. The van der Waals surface area contributed by atoms with Gasteiger partial charge in [0.25, 0.3) is 0 Å². The van der Waals surface area contributed by atoms with Crippen LogP contribution in [0.1, 0.15) is 19.8 Å². The SMILES string of the molecule is CCN(N)N1CCC(C(=O)O)CC1. The molecule has 1 rings (SSSR count). The monoisotopic (exact) mass is 187 g/mol. The predicted octanol–water partition coefficient (Wildman–Crippen LogP) is -0.106. The molecule has 5 heteroatoms. The number of nitrogens with two attached hydrogens (primary N) is 1. The van der Waals surface area contributed by atoms with Gasteiger partial charge in [-0.3, -0.25) is 10.6 Å². The first kappa shape index (κ1) is 10.4. The molecule has 5 nitrogen and oxygen atoms in total. The van der Waals surface area contributed by atoms with E-state index in [1.54, 1.807) is 5.12 Å². The van der Waals surface area contributed by atoms with Crippen molar-refractivity contribution < 1.29 is 9.90 Å². The van der Waals surface area contributed by atoms with Crippen LogP contribution in [0, 0.1) is 5.92 Å². The molecule has 0 unspecified atom stereocenters. The molecule has 3 N–H and O–H groups in total. The molecule has 0 saturated carbocycles. The fraction of sp³-hybridized carbons (Fsp3) is 0.875. The molecule has 13 heavy (non-hydrogen) atoms. The highest BCUT2D eigenvalue weighted by atomic mass is 16.4. The molecule has 0 bridgehead atoms. The highest BCUT2D eigenvalue weighted by Gasteiger charge is 2.25. The zero-order valence-electron chi connectivity index (χ0n) is 7.94. The first-order valence-electron chi connectivity index (χ1n) is 4.65. The highest BCUT2D eigenvalue weighted by Crippen LogP contribution is 2.17. The zero-order chi connectivity index (χ0) is 9.84. The van der Waals surface area contributed by atoms with Crippen LogP contribution >= 0.6 is 0 Å². The average molecular weight is 187 g/mol. The van der Waals surface area contributed by atoms with Crippen LogP contribution in [0.3, 0.4) is 0 Å². The van der Waals surface area contributed by atoms with Crippen LogP contribution in [-0.4, -0.2) is 40.8 Å². The summed E-state index contributed by atoms with van der Waals surface area (Å²) >= 11 is 0. The normalized spacial score (nSPS) is 20.8. The lowest BCUT2D eigenvalue weighted by atomic mass is 9.98. The van der Waals surface area contributed by atoms with E-state index in [1.807, 2.05) is 11.9 Å². The van der Waals surface area contributed by atoms with E-state index in [4.69, 9.17) is 10.9 Å².